The van der Waals surface area contributed by atoms with Crippen LogP contribution in [-0.4, -0.2) is 37.1 Å². The van der Waals surface area contributed by atoms with E-state index in [-0.39, 0.29) is 0 Å². The smallest absolute Gasteiger partial charge is 0.00674 e. The predicted octanol–water partition coefficient (Wildman–Crippen LogP) is 2.25. The minimum absolute atomic E-state index is 0.859. The molecule has 0 saturated carbocycles. The Hall–Kier alpha value is -0.0800. The first kappa shape index (κ1) is 11.4. The van der Waals surface area contributed by atoms with E-state index in [0.29, 0.717) is 0 Å². The van der Waals surface area contributed by atoms with Gasteiger partial charge in [-0.25, -0.2) is 0 Å². The van der Waals surface area contributed by atoms with Crippen molar-refractivity contribution in [3.63, 3.8) is 0 Å². The van der Waals surface area contributed by atoms with Gasteiger partial charge in [-0.2, -0.15) is 0 Å². The Morgan fingerprint density at radius 2 is 2.00 bits per heavy atom. The van der Waals surface area contributed by atoms with Crippen LogP contribution in [0.25, 0.3) is 0 Å². The molecule has 15 heavy (non-hydrogen) atoms. The minimum Gasteiger partial charge on any atom is -0.317 e. The van der Waals surface area contributed by atoms with E-state index < -0.39 is 0 Å². The topological polar surface area (TPSA) is 15.3 Å². The number of piperidine rings is 1. The molecule has 88 valence electrons. The van der Waals surface area contributed by atoms with E-state index in [4.69, 9.17) is 0 Å². The standard InChI is InChI=1S/C13H26N2/c1-12-4-2-10-15(12)11-3-5-13-6-8-14-9-7-13/h12-14H,2-11H2,1H3. The third-order valence-electron chi connectivity index (χ3n) is 4.21. The Balaban J connectivity index is 1.57. The van der Waals surface area contributed by atoms with Crippen molar-refractivity contribution in [3.05, 3.63) is 0 Å². The number of hydrogen-bond acceptors (Lipinski definition) is 2. The van der Waals surface area contributed by atoms with Crippen LogP contribution in [-0.2, 0) is 0 Å². The van der Waals surface area contributed by atoms with Gasteiger partial charge in [-0.05, 0) is 77.5 Å². The summed E-state index contributed by atoms with van der Waals surface area (Å²) in [6, 6.07) is 0.859. The van der Waals surface area contributed by atoms with Crippen molar-refractivity contribution in [3.8, 4) is 0 Å². The fourth-order valence-electron chi connectivity index (χ4n) is 3.08. The fourth-order valence-corrected chi connectivity index (χ4v) is 3.08. The molecule has 2 nitrogen and oxygen atoms in total. The molecule has 0 radical (unpaired) electrons. The molecule has 2 fully saturated rings. The second-order valence-electron chi connectivity index (χ2n) is 5.36. The van der Waals surface area contributed by atoms with Crippen molar-refractivity contribution < 1.29 is 0 Å². The number of nitrogens with zero attached hydrogens (tertiary/aromatic N) is 1. The van der Waals surface area contributed by atoms with Crippen molar-refractivity contribution in [2.75, 3.05) is 26.2 Å². The summed E-state index contributed by atoms with van der Waals surface area (Å²) < 4.78 is 0. The van der Waals surface area contributed by atoms with E-state index in [0.717, 1.165) is 12.0 Å². The molecule has 0 aliphatic carbocycles. The molecule has 2 rings (SSSR count). The molecule has 0 spiro atoms. The van der Waals surface area contributed by atoms with Crippen LogP contribution in [0.1, 0.15) is 45.4 Å². The summed E-state index contributed by atoms with van der Waals surface area (Å²) in [7, 11) is 0. The van der Waals surface area contributed by atoms with Gasteiger partial charge < -0.3 is 10.2 Å². The molecule has 1 unspecified atom stereocenters. The Morgan fingerprint density at radius 1 is 1.20 bits per heavy atom. The normalized spacial score (nSPS) is 29.8. The van der Waals surface area contributed by atoms with E-state index in [1.165, 1.54) is 64.7 Å². The molecule has 2 aliphatic heterocycles. The van der Waals surface area contributed by atoms with Gasteiger partial charge in [0.15, 0.2) is 0 Å². The third kappa shape index (κ3) is 3.46. The Labute approximate surface area is 94.4 Å². The molecule has 1 atom stereocenters. The molecule has 2 aliphatic rings. The van der Waals surface area contributed by atoms with E-state index in [1.807, 2.05) is 0 Å². The highest BCUT2D eigenvalue weighted by molar-refractivity contribution is 4.76. The summed E-state index contributed by atoms with van der Waals surface area (Å²) in [5.74, 6) is 1.02. The van der Waals surface area contributed by atoms with Gasteiger partial charge in [-0.3, -0.25) is 0 Å². The summed E-state index contributed by atoms with van der Waals surface area (Å²) in [6.45, 7) is 7.60. The van der Waals surface area contributed by atoms with Crippen LogP contribution in [0.4, 0.5) is 0 Å². The molecular formula is C13H26N2. The Bertz CT molecular complexity index is 175. The van der Waals surface area contributed by atoms with Crippen LogP contribution < -0.4 is 5.32 Å². The lowest BCUT2D eigenvalue weighted by molar-refractivity contribution is 0.247. The average molecular weight is 210 g/mol. The largest absolute Gasteiger partial charge is 0.317 e. The lowest BCUT2D eigenvalue weighted by atomic mass is 9.93. The predicted molar refractivity (Wildman–Crippen MR) is 65.1 cm³/mol. The highest BCUT2D eigenvalue weighted by atomic mass is 15.2. The number of hydrogen-bond donors (Lipinski definition) is 1. The summed E-state index contributed by atoms with van der Waals surface area (Å²) in [6.07, 6.45) is 8.56. The van der Waals surface area contributed by atoms with Gasteiger partial charge in [0, 0.05) is 6.04 Å². The van der Waals surface area contributed by atoms with Gasteiger partial charge in [-0.15, -0.1) is 0 Å². The third-order valence-corrected chi connectivity index (χ3v) is 4.21. The maximum atomic E-state index is 3.44. The number of likely N-dealkylation sites (tertiary alicyclic amines) is 1. The molecule has 0 aromatic rings. The maximum absolute atomic E-state index is 3.44. The maximum Gasteiger partial charge on any atom is 0.00674 e. The summed E-state index contributed by atoms with van der Waals surface area (Å²) in [4.78, 5) is 2.68. The van der Waals surface area contributed by atoms with Crippen LogP contribution in [0.2, 0.25) is 0 Å². The molecule has 2 heteroatoms. The van der Waals surface area contributed by atoms with Crippen LogP contribution in [0, 0.1) is 5.92 Å². The van der Waals surface area contributed by atoms with Gasteiger partial charge >= 0.3 is 0 Å². The molecule has 0 aromatic carbocycles. The quantitative estimate of drug-likeness (QED) is 0.765. The van der Waals surface area contributed by atoms with E-state index in [9.17, 15) is 0 Å². The zero-order chi connectivity index (χ0) is 10.5. The minimum atomic E-state index is 0.859. The van der Waals surface area contributed by atoms with E-state index in [1.54, 1.807) is 0 Å². The number of nitrogens with one attached hydrogen (secondary N) is 1. The van der Waals surface area contributed by atoms with E-state index >= 15 is 0 Å². The van der Waals surface area contributed by atoms with E-state index in [2.05, 4.69) is 17.1 Å². The first-order chi connectivity index (χ1) is 7.36. The van der Waals surface area contributed by atoms with Crippen molar-refractivity contribution in [1.82, 2.24) is 10.2 Å². The zero-order valence-corrected chi connectivity index (χ0v) is 10.2. The molecule has 1 N–H and O–H groups in total. The molecule has 2 heterocycles. The first-order valence-corrected chi connectivity index (χ1v) is 6.81. The van der Waals surface area contributed by atoms with Crippen molar-refractivity contribution in [2.45, 2.75) is 51.5 Å². The van der Waals surface area contributed by atoms with Gasteiger partial charge in [0.1, 0.15) is 0 Å². The van der Waals surface area contributed by atoms with Crippen LogP contribution >= 0.6 is 0 Å². The van der Waals surface area contributed by atoms with Gasteiger partial charge in [0.2, 0.25) is 0 Å². The highest BCUT2D eigenvalue weighted by Gasteiger charge is 2.20. The van der Waals surface area contributed by atoms with Crippen molar-refractivity contribution in [2.24, 2.45) is 5.92 Å². The fraction of sp³-hybridized carbons (Fsp3) is 1.00. The SMILES string of the molecule is CC1CCCN1CCCC1CCNCC1. The second-order valence-corrected chi connectivity index (χ2v) is 5.36. The summed E-state index contributed by atoms with van der Waals surface area (Å²) >= 11 is 0. The average Bonchev–Trinajstić information content (AvgIpc) is 2.66. The monoisotopic (exact) mass is 210 g/mol. The second kappa shape index (κ2) is 5.86. The van der Waals surface area contributed by atoms with Crippen molar-refractivity contribution in [1.29, 1.82) is 0 Å². The van der Waals surface area contributed by atoms with Crippen LogP contribution in [0.3, 0.4) is 0 Å². The summed E-state index contributed by atoms with van der Waals surface area (Å²) in [5.41, 5.74) is 0. The zero-order valence-electron chi connectivity index (χ0n) is 10.2. The lowest BCUT2D eigenvalue weighted by Crippen LogP contribution is -2.30. The molecule has 0 aromatic heterocycles. The first-order valence-electron chi connectivity index (χ1n) is 6.81. The number of rotatable bonds is 4. The van der Waals surface area contributed by atoms with Gasteiger partial charge in [0.25, 0.3) is 0 Å². The Kier molecular flexibility index (Phi) is 4.45. The van der Waals surface area contributed by atoms with Crippen LogP contribution in [0.15, 0.2) is 0 Å². The van der Waals surface area contributed by atoms with Crippen molar-refractivity contribution >= 4 is 0 Å². The molecule has 2 saturated heterocycles. The molecule has 0 amide bonds. The molecular weight excluding hydrogens is 184 g/mol. The summed E-state index contributed by atoms with van der Waals surface area (Å²) in [5, 5.41) is 3.44. The highest BCUT2D eigenvalue weighted by Crippen LogP contribution is 2.20. The lowest BCUT2D eigenvalue weighted by Gasteiger charge is -2.25. The van der Waals surface area contributed by atoms with Gasteiger partial charge in [0.05, 0.1) is 0 Å². The Morgan fingerprint density at radius 3 is 2.67 bits per heavy atom. The van der Waals surface area contributed by atoms with Crippen LogP contribution in [0.5, 0.6) is 0 Å². The van der Waals surface area contributed by atoms with Gasteiger partial charge in [-0.1, -0.05) is 0 Å². The molecule has 0 bridgehead atoms.